The molecule has 0 bridgehead atoms. The lowest BCUT2D eigenvalue weighted by Gasteiger charge is -2.36. The average molecular weight is 304 g/mol. The molecule has 2 fully saturated rings. The summed E-state index contributed by atoms with van der Waals surface area (Å²) in [6, 6.07) is 0.828. The van der Waals surface area contributed by atoms with Gasteiger partial charge in [0.25, 0.3) is 0 Å². The number of likely N-dealkylation sites (tertiary alicyclic amines) is 2. The quantitative estimate of drug-likeness (QED) is 0.836. The summed E-state index contributed by atoms with van der Waals surface area (Å²) in [5, 5.41) is 4.43. The molecular formula is C18H32N4. The second kappa shape index (κ2) is 7.60. The summed E-state index contributed by atoms with van der Waals surface area (Å²) < 4.78 is 2.06. The van der Waals surface area contributed by atoms with Crippen molar-refractivity contribution >= 4 is 0 Å². The molecule has 3 rings (SSSR count). The summed E-state index contributed by atoms with van der Waals surface area (Å²) >= 11 is 0. The number of aromatic nitrogens is 2. The Hall–Kier alpha value is -0.870. The molecule has 1 aromatic rings. The van der Waals surface area contributed by atoms with Crippen molar-refractivity contribution in [3.63, 3.8) is 0 Å². The number of piperidine rings is 2. The van der Waals surface area contributed by atoms with Crippen LogP contribution in [-0.4, -0.2) is 58.8 Å². The average Bonchev–Trinajstić information content (AvgIpc) is 3.04. The van der Waals surface area contributed by atoms with Crippen molar-refractivity contribution in [2.45, 2.75) is 64.0 Å². The van der Waals surface area contributed by atoms with Crippen LogP contribution >= 0.6 is 0 Å². The van der Waals surface area contributed by atoms with Gasteiger partial charge in [0.1, 0.15) is 0 Å². The van der Waals surface area contributed by atoms with Crippen LogP contribution in [0.3, 0.4) is 0 Å². The zero-order valence-corrected chi connectivity index (χ0v) is 14.4. The summed E-state index contributed by atoms with van der Waals surface area (Å²) in [7, 11) is 2.31. The smallest absolute Gasteiger partial charge is 0.0524 e. The zero-order chi connectivity index (χ0) is 15.4. The van der Waals surface area contributed by atoms with Crippen LogP contribution in [0.2, 0.25) is 0 Å². The fourth-order valence-corrected chi connectivity index (χ4v) is 4.09. The number of rotatable bonds is 5. The van der Waals surface area contributed by atoms with Gasteiger partial charge in [-0.25, -0.2) is 0 Å². The zero-order valence-electron chi connectivity index (χ0n) is 14.4. The van der Waals surface area contributed by atoms with Crippen molar-refractivity contribution in [1.29, 1.82) is 0 Å². The summed E-state index contributed by atoms with van der Waals surface area (Å²) in [6.45, 7) is 8.25. The van der Waals surface area contributed by atoms with E-state index in [0.717, 1.165) is 18.5 Å². The molecule has 22 heavy (non-hydrogen) atoms. The molecule has 1 aromatic heterocycles. The molecule has 4 heteroatoms. The lowest BCUT2D eigenvalue weighted by atomic mass is 9.91. The van der Waals surface area contributed by atoms with E-state index in [1.165, 1.54) is 70.3 Å². The third kappa shape index (κ3) is 3.90. The van der Waals surface area contributed by atoms with Crippen LogP contribution in [0.4, 0.5) is 0 Å². The third-order valence-electron chi connectivity index (χ3n) is 5.74. The summed E-state index contributed by atoms with van der Waals surface area (Å²) in [6.07, 6.45) is 12.5. The molecular weight excluding hydrogens is 272 g/mol. The molecule has 2 saturated heterocycles. The van der Waals surface area contributed by atoms with Gasteiger partial charge in [-0.3, -0.25) is 4.68 Å². The van der Waals surface area contributed by atoms with E-state index in [4.69, 9.17) is 0 Å². The number of hydrogen-bond acceptors (Lipinski definition) is 3. The molecule has 4 nitrogen and oxygen atoms in total. The van der Waals surface area contributed by atoms with Crippen LogP contribution in [0.25, 0.3) is 0 Å². The predicted octanol–water partition coefficient (Wildman–Crippen LogP) is 2.96. The highest BCUT2D eigenvalue weighted by Gasteiger charge is 2.24. The second-order valence-corrected chi connectivity index (χ2v) is 7.16. The van der Waals surface area contributed by atoms with Crippen molar-refractivity contribution < 1.29 is 0 Å². The molecule has 0 spiro atoms. The molecule has 1 atom stereocenters. The molecule has 0 unspecified atom stereocenters. The maximum Gasteiger partial charge on any atom is 0.0524 e. The summed E-state index contributed by atoms with van der Waals surface area (Å²) in [5.74, 6) is 0.730. The highest BCUT2D eigenvalue weighted by Crippen LogP contribution is 2.28. The van der Waals surface area contributed by atoms with Crippen LogP contribution in [0.5, 0.6) is 0 Å². The monoisotopic (exact) mass is 304 g/mol. The highest BCUT2D eigenvalue weighted by atomic mass is 15.3. The van der Waals surface area contributed by atoms with E-state index in [2.05, 4.69) is 45.9 Å². The van der Waals surface area contributed by atoms with Gasteiger partial charge in [-0.15, -0.1) is 0 Å². The van der Waals surface area contributed by atoms with E-state index in [-0.39, 0.29) is 0 Å². The molecule has 3 heterocycles. The van der Waals surface area contributed by atoms with Crippen molar-refractivity contribution in [3.05, 3.63) is 18.0 Å². The van der Waals surface area contributed by atoms with Crippen LogP contribution < -0.4 is 0 Å². The predicted molar refractivity (Wildman–Crippen MR) is 91.2 cm³/mol. The summed E-state index contributed by atoms with van der Waals surface area (Å²) in [5.41, 5.74) is 1.45. The number of hydrogen-bond donors (Lipinski definition) is 0. The van der Waals surface area contributed by atoms with Gasteiger partial charge in [0.05, 0.1) is 6.20 Å². The third-order valence-corrected chi connectivity index (χ3v) is 5.74. The lowest BCUT2D eigenvalue weighted by Crippen LogP contribution is -2.40. The first-order chi connectivity index (χ1) is 10.8. The SMILES string of the molecule is CCn1cc(C2CCN(CC[C@@H]3CCCCN3C)CC2)cn1. The Labute approximate surface area is 135 Å². The second-order valence-electron chi connectivity index (χ2n) is 7.16. The Morgan fingerprint density at radius 1 is 1.14 bits per heavy atom. The van der Waals surface area contributed by atoms with E-state index < -0.39 is 0 Å². The van der Waals surface area contributed by atoms with Gasteiger partial charge in [0, 0.05) is 18.8 Å². The van der Waals surface area contributed by atoms with Crippen LogP contribution in [-0.2, 0) is 6.54 Å². The minimum Gasteiger partial charge on any atom is -0.303 e. The largest absolute Gasteiger partial charge is 0.303 e. The molecule has 0 aliphatic carbocycles. The maximum atomic E-state index is 4.43. The van der Waals surface area contributed by atoms with Crippen molar-refractivity contribution in [3.8, 4) is 0 Å². The molecule has 0 amide bonds. The topological polar surface area (TPSA) is 24.3 Å². The van der Waals surface area contributed by atoms with E-state index in [9.17, 15) is 0 Å². The van der Waals surface area contributed by atoms with E-state index in [0.29, 0.717) is 0 Å². The maximum absolute atomic E-state index is 4.43. The van der Waals surface area contributed by atoms with Crippen LogP contribution in [0, 0.1) is 0 Å². The van der Waals surface area contributed by atoms with Gasteiger partial charge in [0.2, 0.25) is 0 Å². The Balaban J connectivity index is 1.41. The van der Waals surface area contributed by atoms with Gasteiger partial charge in [-0.05, 0) is 83.7 Å². The highest BCUT2D eigenvalue weighted by molar-refractivity contribution is 5.12. The minimum atomic E-state index is 0.730. The van der Waals surface area contributed by atoms with Crippen LogP contribution in [0.15, 0.2) is 12.4 Å². The van der Waals surface area contributed by atoms with Gasteiger partial charge in [0.15, 0.2) is 0 Å². The van der Waals surface area contributed by atoms with Gasteiger partial charge < -0.3 is 9.80 Å². The van der Waals surface area contributed by atoms with Gasteiger partial charge in [-0.1, -0.05) is 6.42 Å². The van der Waals surface area contributed by atoms with Gasteiger partial charge >= 0.3 is 0 Å². The molecule has 0 N–H and O–H groups in total. The molecule has 2 aliphatic rings. The Bertz CT molecular complexity index is 448. The first-order valence-electron chi connectivity index (χ1n) is 9.21. The van der Waals surface area contributed by atoms with Crippen molar-refractivity contribution in [2.24, 2.45) is 0 Å². The molecule has 124 valence electrons. The van der Waals surface area contributed by atoms with Crippen LogP contribution in [0.1, 0.15) is 56.9 Å². The minimum absolute atomic E-state index is 0.730. The van der Waals surface area contributed by atoms with Crippen molar-refractivity contribution in [1.82, 2.24) is 19.6 Å². The van der Waals surface area contributed by atoms with E-state index in [1.54, 1.807) is 0 Å². The first kappa shape index (κ1) is 16.0. The first-order valence-corrected chi connectivity index (χ1v) is 9.21. The molecule has 0 aromatic carbocycles. The standard InChI is InChI=1S/C18H32N4/c1-3-22-15-17(14-19-22)16-7-11-21(12-8-16)13-9-18-6-4-5-10-20(18)2/h14-16,18H,3-13H2,1-2H3/t18-/m0/s1. The normalized spacial score (nSPS) is 25.6. The Morgan fingerprint density at radius 2 is 1.95 bits per heavy atom. The van der Waals surface area contributed by atoms with E-state index >= 15 is 0 Å². The Kier molecular flexibility index (Phi) is 5.53. The van der Waals surface area contributed by atoms with E-state index in [1.807, 2.05) is 0 Å². The fraction of sp³-hybridized carbons (Fsp3) is 0.833. The lowest BCUT2D eigenvalue weighted by molar-refractivity contribution is 0.142. The Morgan fingerprint density at radius 3 is 2.64 bits per heavy atom. The fourth-order valence-electron chi connectivity index (χ4n) is 4.09. The van der Waals surface area contributed by atoms with Gasteiger partial charge in [-0.2, -0.15) is 5.10 Å². The van der Waals surface area contributed by atoms with Crippen molar-refractivity contribution in [2.75, 3.05) is 33.2 Å². The molecule has 0 saturated carbocycles. The number of nitrogens with zero attached hydrogens (tertiary/aromatic N) is 4. The molecule has 0 radical (unpaired) electrons. The number of aryl methyl sites for hydroxylation is 1. The molecule has 2 aliphatic heterocycles. The summed E-state index contributed by atoms with van der Waals surface area (Å²) in [4.78, 5) is 5.26.